The van der Waals surface area contributed by atoms with Gasteiger partial charge in [0.25, 0.3) is 0 Å². The zero-order valence-electron chi connectivity index (χ0n) is 9.41. The fraction of sp³-hybridized carbons (Fsp3) is 0.667. The summed E-state index contributed by atoms with van der Waals surface area (Å²) in [6, 6.07) is 0. The summed E-state index contributed by atoms with van der Waals surface area (Å²) in [6.07, 6.45) is 6.70. The molecule has 3 N–H and O–H groups in total. The van der Waals surface area contributed by atoms with Crippen molar-refractivity contribution in [3.05, 3.63) is 25.3 Å². The van der Waals surface area contributed by atoms with Crippen LogP contribution >= 0.6 is 0 Å². The first-order valence-electron chi connectivity index (χ1n) is 5.43. The minimum Gasteiger partial charge on any atom is -0.396 e. The van der Waals surface area contributed by atoms with Gasteiger partial charge in [0.1, 0.15) is 0 Å². The molecule has 0 saturated carbocycles. The van der Waals surface area contributed by atoms with Crippen molar-refractivity contribution < 1.29 is 10.2 Å². The van der Waals surface area contributed by atoms with E-state index in [0.29, 0.717) is 6.42 Å². The molecular formula is C12H23NO2. The van der Waals surface area contributed by atoms with Gasteiger partial charge in [-0.3, -0.25) is 0 Å². The maximum absolute atomic E-state index is 9.05. The third-order valence-corrected chi connectivity index (χ3v) is 2.50. The highest BCUT2D eigenvalue weighted by Gasteiger charge is 2.25. The number of aliphatic hydroxyl groups excluding tert-OH is 2. The average Bonchev–Trinajstić information content (AvgIpc) is 2.19. The van der Waals surface area contributed by atoms with E-state index in [2.05, 4.69) is 18.5 Å². The summed E-state index contributed by atoms with van der Waals surface area (Å²) < 4.78 is 0. The summed E-state index contributed by atoms with van der Waals surface area (Å²) >= 11 is 0. The van der Waals surface area contributed by atoms with Crippen LogP contribution < -0.4 is 5.32 Å². The quantitative estimate of drug-likeness (QED) is 0.378. The van der Waals surface area contributed by atoms with E-state index in [1.165, 1.54) is 0 Å². The smallest absolute Gasteiger partial charge is 0.0448 e. The minimum absolute atomic E-state index is 0.145. The van der Waals surface area contributed by atoms with Gasteiger partial charge in [0.2, 0.25) is 0 Å². The predicted octanol–water partition coefficient (Wildman–Crippen LogP) is 1.23. The van der Waals surface area contributed by atoms with E-state index in [-0.39, 0.29) is 18.8 Å². The molecule has 0 spiro atoms. The van der Waals surface area contributed by atoms with E-state index in [1.807, 2.05) is 12.2 Å². The van der Waals surface area contributed by atoms with Crippen molar-refractivity contribution in [2.45, 2.75) is 31.2 Å². The van der Waals surface area contributed by atoms with E-state index < -0.39 is 0 Å². The Labute approximate surface area is 92.5 Å². The Morgan fingerprint density at radius 1 is 1.07 bits per heavy atom. The molecule has 0 fully saturated rings. The maximum Gasteiger partial charge on any atom is 0.0448 e. The first-order valence-corrected chi connectivity index (χ1v) is 5.43. The second kappa shape index (κ2) is 8.65. The lowest BCUT2D eigenvalue weighted by Crippen LogP contribution is -2.46. The first kappa shape index (κ1) is 14.4. The number of rotatable bonds is 10. The molecule has 0 aliphatic rings. The topological polar surface area (TPSA) is 52.5 Å². The van der Waals surface area contributed by atoms with Crippen LogP contribution in [-0.2, 0) is 0 Å². The fourth-order valence-electron chi connectivity index (χ4n) is 1.72. The zero-order chi connectivity index (χ0) is 11.6. The Bertz CT molecular complexity index is 170. The van der Waals surface area contributed by atoms with Crippen molar-refractivity contribution in [3.63, 3.8) is 0 Å². The molecule has 0 amide bonds. The Morgan fingerprint density at radius 2 is 1.67 bits per heavy atom. The zero-order valence-corrected chi connectivity index (χ0v) is 9.41. The van der Waals surface area contributed by atoms with Gasteiger partial charge in [-0.25, -0.2) is 0 Å². The van der Waals surface area contributed by atoms with Gasteiger partial charge in [0, 0.05) is 18.8 Å². The summed E-state index contributed by atoms with van der Waals surface area (Å²) in [6.45, 7) is 8.55. The van der Waals surface area contributed by atoms with Crippen molar-refractivity contribution in [3.8, 4) is 0 Å². The van der Waals surface area contributed by atoms with E-state index in [4.69, 9.17) is 10.2 Å². The molecule has 0 aliphatic heterocycles. The van der Waals surface area contributed by atoms with Gasteiger partial charge in [-0.15, -0.1) is 13.2 Å². The SMILES string of the molecule is C=CCC(CC=C)(CCO)NCCCO. The van der Waals surface area contributed by atoms with Gasteiger partial charge in [-0.2, -0.15) is 0 Å². The summed E-state index contributed by atoms with van der Waals surface area (Å²) in [5.74, 6) is 0. The van der Waals surface area contributed by atoms with Crippen LogP contribution in [0.5, 0.6) is 0 Å². The lowest BCUT2D eigenvalue weighted by Gasteiger charge is -2.33. The van der Waals surface area contributed by atoms with E-state index in [1.54, 1.807) is 0 Å². The van der Waals surface area contributed by atoms with Crippen molar-refractivity contribution in [2.75, 3.05) is 19.8 Å². The van der Waals surface area contributed by atoms with Gasteiger partial charge in [-0.05, 0) is 32.2 Å². The third-order valence-electron chi connectivity index (χ3n) is 2.50. The largest absolute Gasteiger partial charge is 0.396 e. The highest BCUT2D eigenvalue weighted by Crippen LogP contribution is 2.21. The molecule has 3 nitrogen and oxygen atoms in total. The van der Waals surface area contributed by atoms with Gasteiger partial charge >= 0.3 is 0 Å². The monoisotopic (exact) mass is 213 g/mol. The summed E-state index contributed by atoms with van der Waals surface area (Å²) in [5, 5.41) is 21.2. The molecule has 0 aromatic carbocycles. The van der Waals surface area contributed by atoms with Crippen molar-refractivity contribution in [1.82, 2.24) is 5.32 Å². The molecule has 0 unspecified atom stereocenters. The normalized spacial score (nSPS) is 11.3. The summed E-state index contributed by atoms with van der Waals surface area (Å²) in [7, 11) is 0. The minimum atomic E-state index is -0.145. The van der Waals surface area contributed by atoms with Gasteiger partial charge < -0.3 is 15.5 Å². The predicted molar refractivity (Wildman–Crippen MR) is 63.8 cm³/mol. The van der Waals surface area contributed by atoms with Crippen LogP contribution in [0.2, 0.25) is 0 Å². The lowest BCUT2D eigenvalue weighted by molar-refractivity contribution is 0.203. The van der Waals surface area contributed by atoms with Gasteiger partial charge in [-0.1, -0.05) is 12.2 Å². The first-order chi connectivity index (χ1) is 7.24. The highest BCUT2D eigenvalue weighted by atomic mass is 16.3. The summed E-state index contributed by atoms with van der Waals surface area (Å²) in [4.78, 5) is 0. The molecule has 0 radical (unpaired) electrons. The molecule has 0 aliphatic carbocycles. The second-order valence-corrected chi connectivity index (χ2v) is 3.74. The highest BCUT2D eigenvalue weighted by molar-refractivity contribution is 4.98. The number of nitrogens with one attached hydrogen (secondary N) is 1. The van der Waals surface area contributed by atoms with E-state index in [9.17, 15) is 0 Å². The molecular weight excluding hydrogens is 190 g/mol. The lowest BCUT2D eigenvalue weighted by atomic mass is 9.87. The Kier molecular flexibility index (Phi) is 8.28. The van der Waals surface area contributed by atoms with Crippen LogP contribution in [0.4, 0.5) is 0 Å². The average molecular weight is 213 g/mol. The number of hydrogen-bond donors (Lipinski definition) is 3. The summed E-state index contributed by atoms with van der Waals surface area (Å²) in [5.41, 5.74) is -0.145. The molecule has 0 rings (SSSR count). The van der Waals surface area contributed by atoms with Crippen molar-refractivity contribution in [2.24, 2.45) is 0 Å². The molecule has 0 heterocycles. The molecule has 0 bridgehead atoms. The Hall–Kier alpha value is -0.640. The number of aliphatic hydroxyl groups is 2. The molecule has 3 heteroatoms. The maximum atomic E-state index is 9.05. The molecule has 0 aromatic rings. The van der Waals surface area contributed by atoms with Crippen molar-refractivity contribution >= 4 is 0 Å². The molecule has 15 heavy (non-hydrogen) atoms. The Balaban J connectivity index is 4.30. The molecule has 0 atom stereocenters. The van der Waals surface area contributed by atoms with Gasteiger partial charge in [0.05, 0.1) is 0 Å². The van der Waals surface area contributed by atoms with Crippen LogP contribution in [0, 0.1) is 0 Å². The Morgan fingerprint density at radius 3 is 2.07 bits per heavy atom. The van der Waals surface area contributed by atoms with Crippen LogP contribution in [0.1, 0.15) is 25.7 Å². The molecule has 0 saturated heterocycles. The number of hydrogen-bond acceptors (Lipinski definition) is 3. The van der Waals surface area contributed by atoms with Crippen molar-refractivity contribution in [1.29, 1.82) is 0 Å². The molecule has 88 valence electrons. The van der Waals surface area contributed by atoms with E-state index in [0.717, 1.165) is 25.8 Å². The van der Waals surface area contributed by atoms with E-state index >= 15 is 0 Å². The van der Waals surface area contributed by atoms with Gasteiger partial charge in [0.15, 0.2) is 0 Å². The van der Waals surface area contributed by atoms with Crippen LogP contribution in [0.15, 0.2) is 25.3 Å². The van der Waals surface area contributed by atoms with Crippen LogP contribution in [0.3, 0.4) is 0 Å². The third kappa shape index (κ3) is 5.72. The standard InChI is InChI=1S/C12H23NO2/c1-3-6-12(7-4-2,8-11-15)13-9-5-10-14/h3-4,13-15H,1-2,5-11H2. The van der Waals surface area contributed by atoms with Crippen LogP contribution in [0.25, 0.3) is 0 Å². The second-order valence-electron chi connectivity index (χ2n) is 3.74. The molecule has 0 aromatic heterocycles. The fourth-order valence-corrected chi connectivity index (χ4v) is 1.72. The van der Waals surface area contributed by atoms with Crippen LogP contribution in [-0.4, -0.2) is 35.5 Å².